The molecule has 1 fully saturated rings. The number of nitrogens with one attached hydrogen (secondary N) is 2. The number of nitrogens with zero attached hydrogens (tertiary/aromatic N) is 3. The monoisotopic (exact) mass is 565 g/mol. The minimum absolute atomic E-state index is 0.0954. The molecule has 0 spiro atoms. The molecule has 13 heteroatoms. The number of alkyl halides is 3. The van der Waals surface area contributed by atoms with Gasteiger partial charge in [-0.15, -0.1) is 0 Å². The fraction of sp³-hybridized carbons (Fsp3) is 0.261. The van der Waals surface area contributed by atoms with Gasteiger partial charge in [-0.2, -0.15) is 13.2 Å². The molecule has 3 aromatic rings. The van der Waals surface area contributed by atoms with Gasteiger partial charge in [0, 0.05) is 4.47 Å². The Bertz CT molecular complexity index is 1250. The van der Waals surface area contributed by atoms with Gasteiger partial charge < -0.3 is 20.1 Å². The van der Waals surface area contributed by atoms with Gasteiger partial charge in [0.1, 0.15) is 23.4 Å². The van der Waals surface area contributed by atoms with E-state index >= 15 is 0 Å². The summed E-state index contributed by atoms with van der Waals surface area (Å²) in [4.78, 5) is 36.6. The number of pyridine rings is 1. The molecule has 1 aliphatic rings. The Labute approximate surface area is 211 Å². The van der Waals surface area contributed by atoms with Crippen molar-refractivity contribution in [3.63, 3.8) is 0 Å². The summed E-state index contributed by atoms with van der Waals surface area (Å²) >= 11 is 3.03. The Morgan fingerprint density at radius 3 is 2.42 bits per heavy atom. The van der Waals surface area contributed by atoms with Gasteiger partial charge in [-0.3, -0.25) is 9.78 Å². The molecule has 2 N–H and O–H groups in total. The molecule has 1 aromatic carbocycles. The van der Waals surface area contributed by atoms with Crippen LogP contribution < -0.4 is 20.1 Å². The second kappa shape index (κ2) is 10.1. The smallest absolute Gasteiger partial charge is 0.420 e. The third kappa shape index (κ3) is 6.08. The number of aromatic nitrogens is 3. The van der Waals surface area contributed by atoms with Crippen molar-refractivity contribution in [3.8, 4) is 17.2 Å². The van der Waals surface area contributed by atoms with E-state index in [1.165, 1.54) is 49.2 Å². The van der Waals surface area contributed by atoms with E-state index in [1.807, 2.05) is 0 Å². The zero-order chi connectivity index (χ0) is 25.9. The first-order valence-corrected chi connectivity index (χ1v) is 11.4. The highest BCUT2D eigenvalue weighted by atomic mass is 79.9. The van der Waals surface area contributed by atoms with Crippen LogP contribution in [0.1, 0.15) is 37.1 Å². The molecule has 36 heavy (non-hydrogen) atoms. The van der Waals surface area contributed by atoms with Gasteiger partial charge in [0.15, 0.2) is 5.75 Å². The molecule has 4 rings (SSSR count). The lowest BCUT2D eigenvalue weighted by atomic mass is 10.1. The number of rotatable bonds is 7. The zero-order valence-electron chi connectivity index (χ0n) is 18.7. The summed E-state index contributed by atoms with van der Waals surface area (Å²) in [5, 5.41) is 5.35. The van der Waals surface area contributed by atoms with E-state index in [2.05, 4.69) is 41.5 Å². The molecular formula is C23H19BrF3N5O4. The summed E-state index contributed by atoms with van der Waals surface area (Å²) in [6.45, 7) is 1.69. The molecule has 2 aromatic heterocycles. The van der Waals surface area contributed by atoms with Gasteiger partial charge >= 0.3 is 12.3 Å². The van der Waals surface area contributed by atoms with Crippen LogP contribution in [-0.4, -0.2) is 32.5 Å². The summed E-state index contributed by atoms with van der Waals surface area (Å²) in [5.74, 6) is -0.546. The Hall–Kier alpha value is -3.74. The molecule has 2 amide bonds. The van der Waals surface area contributed by atoms with Crippen molar-refractivity contribution in [2.45, 2.75) is 37.5 Å². The lowest BCUT2D eigenvalue weighted by Gasteiger charge is -2.20. The molecule has 1 unspecified atom stereocenters. The third-order valence-electron chi connectivity index (χ3n) is 5.30. The van der Waals surface area contributed by atoms with Gasteiger partial charge in [0.25, 0.3) is 0 Å². The number of hydrogen-bond acceptors (Lipinski definition) is 7. The van der Waals surface area contributed by atoms with Crippen molar-refractivity contribution >= 4 is 27.9 Å². The van der Waals surface area contributed by atoms with Crippen LogP contribution in [0, 0.1) is 0 Å². The van der Waals surface area contributed by atoms with Gasteiger partial charge in [-0.05, 0) is 50.1 Å². The van der Waals surface area contributed by atoms with Crippen LogP contribution in [0.2, 0.25) is 0 Å². The first kappa shape index (κ1) is 25.4. The number of carbonyl (C=O) groups excluding carboxylic acids is 2. The van der Waals surface area contributed by atoms with Gasteiger partial charge in [-0.25, -0.2) is 14.8 Å². The van der Waals surface area contributed by atoms with E-state index in [9.17, 15) is 22.8 Å². The molecular weight excluding hydrogens is 547 g/mol. The fourth-order valence-electron chi connectivity index (χ4n) is 3.26. The predicted octanol–water partition coefficient (Wildman–Crippen LogP) is 4.94. The Balaban J connectivity index is 1.36. The molecule has 0 saturated heterocycles. The highest BCUT2D eigenvalue weighted by Crippen LogP contribution is 2.40. The highest BCUT2D eigenvalue weighted by molar-refractivity contribution is 9.10. The standard InChI is InChI=1S/C23H19BrF3N5O4/c1-13(31-20(33)22(6-7-22)32-21(34)36-16-9-28-12-29-10-16)18-4-3-15(11-30-18)35-19-5-2-14(24)8-17(19)23(25,26)27/h2-5,8-13H,6-7H2,1H3,(H,31,33)(H,32,34). The predicted molar refractivity (Wildman–Crippen MR) is 123 cm³/mol. The highest BCUT2D eigenvalue weighted by Gasteiger charge is 2.52. The van der Waals surface area contributed by atoms with Crippen molar-refractivity contribution in [2.24, 2.45) is 0 Å². The van der Waals surface area contributed by atoms with Crippen molar-refractivity contribution in [2.75, 3.05) is 0 Å². The molecule has 1 aliphatic carbocycles. The number of halogens is 4. The first-order chi connectivity index (χ1) is 17.1. The van der Waals surface area contributed by atoms with Crippen LogP contribution in [0.5, 0.6) is 17.2 Å². The van der Waals surface area contributed by atoms with Crippen molar-refractivity contribution in [1.29, 1.82) is 0 Å². The summed E-state index contributed by atoms with van der Waals surface area (Å²) in [6.07, 6.45) is 0.638. The maximum atomic E-state index is 13.3. The second-order valence-electron chi connectivity index (χ2n) is 8.03. The zero-order valence-corrected chi connectivity index (χ0v) is 20.3. The SMILES string of the molecule is CC(NC(=O)C1(NC(=O)Oc2cncnc2)CC1)c1ccc(Oc2ccc(Br)cc2C(F)(F)F)cn1. The van der Waals surface area contributed by atoms with Crippen LogP contribution in [0.15, 0.2) is 59.7 Å². The maximum absolute atomic E-state index is 13.3. The van der Waals surface area contributed by atoms with E-state index in [4.69, 9.17) is 9.47 Å². The van der Waals surface area contributed by atoms with Gasteiger partial charge in [-0.1, -0.05) is 15.9 Å². The van der Waals surface area contributed by atoms with Crippen LogP contribution in [0.3, 0.4) is 0 Å². The third-order valence-corrected chi connectivity index (χ3v) is 5.79. The number of amides is 2. The lowest BCUT2D eigenvalue weighted by molar-refractivity contribution is -0.138. The molecule has 0 radical (unpaired) electrons. The Morgan fingerprint density at radius 1 is 1.08 bits per heavy atom. The van der Waals surface area contributed by atoms with Crippen molar-refractivity contribution < 1.29 is 32.2 Å². The summed E-state index contributed by atoms with van der Waals surface area (Å²) in [6, 6.07) is 6.01. The number of hydrogen-bond donors (Lipinski definition) is 2. The number of benzene rings is 1. The van der Waals surface area contributed by atoms with E-state index in [-0.39, 0.29) is 21.7 Å². The largest absolute Gasteiger partial charge is 0.455 e. The Morgan fingerprint density at radius 2 is 1.81 bits per heavy atom. The van der Waals surface area contributed by atoms with Crippen molar-refractivity contribution in [1.82, 2.24) is 25.6 Å². The average Bonchev–Trinajstić information content (AvgIpc) is 3.61. The Kier molecular flexibility index (Phi) is 7.11. The second-order valence-corrected chi connectivity index (χ2v) is 8.94. The van der Waals surface area contributed by atoms with E-state index in [0.717, 1.165) is 6.07 Å². The maximum Gasteiger partial charge on any atom is 0.420 e. The van der Waals surface area contributed by atoms with Crippen LogP contribution >= 0.6 is 15.9 Å². The molecule has 188 valence electrons. The quantitative estimate of drug-likeness (QED) is 0.416. The molecule has 1 saturated carbocycles. The molecule has 0 aliphatic heterocycles. The summed E-state index contributed by atoms with van der Waals surface area (Å²) in [7, 11) is 0. The van der Waals surface area contributed by atoms with E-state index in [1.54, 1.807) is 6.92 Å². The van der Waals surface area contributed by atoms with Crippen LogP contribution in [0.4, 0.5) is 18.0 Å². The topological polar surface area (TPSA) is 115 Å². The molecule has 0 bridgehead atoms. The van der Waals surface area contributed by atoms with Gasteiger partial charge in [0.05, 0.1) is 35.9 Å². The average molecular weight is 566 g/mol. The summed E-state index contributed by atoms with van der Waals surface area (Å²) in [5.41, 5.74) is -1.58. The molecule has 1 atom stereocenters. The minimum Gasteiger partial charge on any atom is -0.455 e. The van der Waals surface area contributed by atoms with Crippen LogP contribution in [0.25, 0.3) is 0 Å². The molecule has 2 heterocycles. The van der Waals surface area contributed by atoms with E-state index in [0.29, 0.717) is 18.5 Å². The van der Waals surface area contributed by atoms with Gasteiger partial charge in [0.2, 0.25) is 5.91 Å². The molecule has 9 nitrogen and oxygen atoms in total. The fourth-order valence-corrected chi connectivity index (χ4v) is 3.62. The lowest BCUT2D eigenvalue weighted by Crippen LogP contribution is -2.50. The first-order valence-electron chi connectivity index (χ1n) is 10.6. The minimum atomic E-state index is -4.60. The number of ether oxygens (including phenoxy) is 2. The van der Waals surface area contributed by atoms with Crippen molar-refractivity contribution in [3.05, 3.63) is 71.0 Å². The number of carbonyl (C=O) groups is 2. The van der Waals surface area contributed by atoms with E-state index < -0.39 is 35.3 Å². The van der Waals surface area contributed by atoms with Crippen LogP contribution in [-0.2, 0) is 11.0 Å². The summed E-state index contributed by atoms with van der Waals surface area (Å²) < 4.78 is 50.7. The normalized spacial score (nSPS) is 14.9.